The van der Waals surface area contributed by atoms with Crippen LogP contribution in [0, 0.1) is 18.8 Å². The summed E-state index contributed by atoms with van der Waals surface area (Å²) >= 11 is 0. The number of nitrogens with zero attached hydrogens (tertiary/aromatic N) is 1. The van der Waals surface area contributed by atoms with Crippen LogP contribution in [0.4, 0.5) is 0 Å². The lowest BCUT2D eigenvalue weighted by molar-refractivity contribution is -0.135. The van der Waals surface area contributed by atoms with Crippen molar-refractivity contribution >= 4 is 5.91 Å². The third-order valence-electron chi connectivity index (χ3n) is 3.61. The monoisotopic (exact) mass is 194 g/mol. The van der Waals surface area contributed by atoms with E-state index in [-0.39, 0.29) is 0 Å². The van der Waals surface area contributed by atoms with Crippen LogP contribution in [-0.2, 0) is 4.79 Å². The highest BCUT2D eigenvalue weighted by atomic mass is 16.2. The largest absolute Gasteiger partial charge is 0.342 e. The third-order valence-corrected chi connectivity index (χ3v) is 3.61. The van der Waals surface area contributed by atoms with E-state index in [1.165, 1.54) is 12.8 Å². The molecule has 2 heteroatoms. The second-order valence-electron chi connectivity index (χ2n) is 4.75. The molecule has 1 saturated carbocycles. The highest BCUT2D eigenvalue weighted by Crippen LogP contribution is 2.30. The molecule has 1 aliphatic carbocycles. The molecule has 0 aromatic carbocycles. The van der Waals surface area contributed by atoms with E-state index in [0.717, 1.165) is 38.8 Å². The van der Waals surface area contributed by atoms with Crippen molar-refractivity contribution in [3.63, 3.8) is 0 Å². The van der Waals surface area contributed by atoms with Crippen molar-refractivity contribution in [2.45, 2.75) is 38.5 Å². The molecule has 1 heterocycles. The molecule has 0 unspecified atom stereocenters. The Kier molecular flexibility index (Phi) is 3.09. The van der Waals surface area contributed by atoms with E-state index in [2.05, 4.69) is 11.8 Å². The molecule has 0 N–H and O–H groups in total. The standard InChI is InChI=1S/C12H20NO/c1-10-4-6-11(7-5-10)12(14)13-8-2-3-9-13/h10-11H,1-9H2. The van der Waals surface area contributed by atoms with E-state index in [1.54, 1.807) is 0 Å². The average molecular weight is 194 g/mol. The highest BCUT2D eigenvalue weighted by Gasteiger charge is 2.29. The minimum atomic E-state index is 0.325. The van der Waals surface area contributed by atoms with Gasteiger partial charge in [0.1, 0.15) is 0 Å². The summed E-state index contributed by atoms with van der Waals surface area (Å²) in [5.41, 5.74) is 0. The van der Waals surface area contributed by atoms with Crippen molar-refractivity contribution in [3.05, 3.63) is 6.92 Å². The van der Waals surface area contributed by atoms with Crippen LogP contribution in [0.15, 0.2) is 0 Å². The van der Waals surface area contributed by atoms with Gasteiger partial charge in [-0.3, -0.25) is 4.79 Å². The van der Waals surface area contributed by atoms with Gasteiger partial charge in [0.15, 0.2) is 0 Å². The molecule has 79 valence electrons. The fraction of sp³-hybridized carbons (Fsp3) is 0.833. The van der Waals surface area contributed by atoms with E-state index in [1.807, 2.05) is 0 Å². The van der Waals surface area contributed by atoms with E-state index in [4.69, 9.17) is 0 Å². The fourth-order valence-corrected chi connectivity index (χ4v) is 2.61. The van der Waals surface area contributed by atoms with Gasteiger partial charge in [-0.05, 0) is 44.4 Å². The smallest absolute Gasteiger partial charge is 0.225 e. The van der Waals surface area contributed by atoms with Crippen molar-refractivity contribution in [3.8, 4) is 0 Å². The lowest BCUT2D eigenvalue weighted by Gasteiger charge is -2.28. The summed E-state index contributed by atoms with van der Waals surface area (Å²) in [5, 5.41) is 0. The minimum Gasteiger partial charge on any atom is -0.342 e. The summed E-state index contributed by atoms with van der Waals surface area (Å²) in [5.74, 6) is 1.35. The maximum Gasteiger partial charge on any atom is 0.225 e. The zero-order chi connectivity index (χ0) is 9.97. The maximum absolute atomic E-state index is 12.0. The zero-order valence-corrected chi connectivity index (χ0v) is 8.87. The summed E-state index contributed by atoms with van der Waals surface area (Å²) in [4.78, 5) is 14.1. The molecule has 2 aliphatic rings. The highest BCUT2D eigenvalue weighted by molar-refractivity contribution is 5.79. The molecule has 0 spiro atoms. The van der Waals surface area contributed by atoms with Gasteiger partial charge in [-0.25, -0.2) is 0 Å². The van der Waals surface area contributed by atoms with Gasteiger partial charge in [0.2, 0.25) is 5.91 Å². The van der Waals surface area contributed by atoms with Gasteiger partial charge in [-0.1, -0.05) is 6.92 Å². The molecular formula is C12H20NO. The Hall–Kier alpha value is -0.530. The first-order valence-corrected chi connectivity index (χ1v) is 5.89. The van der Waals surface area contributed by atoms with Gasteiger partial charge >= 0.3 is 0 Å². The predicted molar refractivity (Wildman–Crippen MR) is 56.6 cm³/mol. The molecule has 14 heavy (non-hydrogen) atoms. The van der Waals surface area contributed by atoms with Crippen LogP contribution in [0.2, 0.25) is 0 Å². The molecule has 1 amide bonds. The normalized spacial score (nSPS) is 33.4. The summed E-state index contributed by atoms with van der Waals surface area (Å²) < 4.78 is 0. The summed E-state index contributed by atoms with van der Waals surface area (Å²) in [6, 6.07) is 0. The van der Waals surface area contributed by atoms with Crippen LogP contribution in [0.25, 0.3) is 0 Å². The van der Waals surface area contributed by atoms with Crippen LogP contribution >= 0.6 is 0 Å². The van der Waals surface area contributed by atoms with E-state index in [0.29, 0.717) is 17.7 Å². The Morgan fingerprint density at radius 3 is 2.21 bits per heavy atom. The first-order chi connectivity index (χ1) is 6.77. The van der Waals surface area contributed by atoms with Crippen molar-refractivity contribution in [1.82, 2.24) is 4.90 Å². The SMILES string of the molecule is [CH2]C1CCC(C(=O)N2CCCC2)CC1. The Balaban J connectivity index is 1.85. The molecule has 2 fully saturated rings. The molecule has 0 aromatic rings. The second-order valence-corrected chi connectivity index (χ2v) is 4.75. The van der Waals surface area contributed by atoms with Gasteiger partial charge in [0, 0.05) is 19.0 Å². The summed E-state index contributed by atoms with van der Waals surface area (Å²) in [6.07, 6.45) is 6.84. The van der Waals surface area contributed by atoms with Crippen molar-refractivity contribution < 1.29 is 4.79 Å². The lowest BCUT2D eigenvalue weighted by Crippen LogP contribution is -2.35. The number of likely N-dealkylation sites (tertiary alicyclic amines) is 1. The van der Waals surface area contributed by atoms with E-state index in [9.17, 15) is 4.79 Å². The van der Waals surface area contributed by atoms with Crippen LogP contribution in [0.3, 0.4) is 0 Å². The molecule has 1 radical (unpaired) electrons. The fourth-order valence-electron chi connectivity index (χ4n) is 2.61. The second kappa shape index (κ2) is 4.33. The van der Waals surface area contributed by atoms with Crippen molar-refractivity contribution in [1.29, 1.82) is 0 Å². The summed E-state index contributed by atoms with van der Waals surface area (Å²) in [6.45, 7) is 6.07. The van der Waals surface area contributed by atoms with Crippen LogP contribution in [0.5, 0.6) is 0 Å². The molecule has 2 rings (SSSR count). The number of hydrogen-bond donors (Lipinski definition) is 0. The molecular weight excluding hydrogens is 174 g/mol. The number of amides is 1. The predicted octanol–water partition coefficient (Wildman–Crippen LogP) is 2.25. The first kappa shape index (κ1) is 10.0. The Labute approximate surface area is 86.7 Å². The van der Waals surface area contributed by atoms with Crippen molar-refractivity contribution in [2.75, 3.05) is 13.1 Å². The van der Waals surface area contributed by atoms with Crippen molar-refractivity contribution in [2.24, 2.45) is 11.8 Å². The Morgan fingerprint density at radius 1 is 1.07 bits per heavy atom. The first-order valence-electron chi connectivity index (χ1n) is 5.89. The Morgan fingerprint density at radius 2 is 1.64 bits per heavy atom. The topological polar surface area (TPSA) is 20.3 Å². The van der Waals surface area contributed by atoms with Gasteiger partial charge in [-0.15, -0.1) is 0 Å². The summed E-state index contributed by atoms with van der Waals surface area (Å²) in [7, 11) is 0. The molecule has 0 atom stereocenters. The number of rotatable bonds is 1. The molecule has 1 saturated heterocycles. The molecule has 2 nitrogen and oxygen atoms in total. The Bertz CT molecular complexity index is 200. The number of hydrogen-bond acceptors (Lipinski definition) is 1. The van der Waals surface area contributed by atoms with Gasteiger partial charge in [-0.2, -0.15) is 0 Å². The van der Waals surface area contributed by atoms with E-state index >= 15 is 0 Å². The third kappa shape index (κ3) is 2.10. The van der Waals surface area contributed by atoms with Gasteiger partial charge in [0.05, 0.1) is 0 Å². The number of carbonyl (C=O) groups is 1. The minimum absolute atomic E-state index is 0.325. The molecule has 0 bridgehead atoms. The maximum atomic E-state index is 12.0. The average Bonchev–Trinajstić information content (AvgIpc) is 2.71. The zero-order valence-electron chi connectivity index (χ0n) is 8.87. The van der Waals surface area contributed by atoms with Gasteiger partial charge in [0.25, 0.3) is 0 Å². The lowest BCUT2D eigenvalue weighted by atomic mass is 9.82. The molecule has 0 aromatic heterocycles. The van der Waals surface area contributed by atoms with Crippen LogP contribution in [-0.4, -0.2) is 23.9 Å². The van der Waals surface area contributed by atoms with Crippen LogP contribution in [0.1, 0.15) is 38.5 Å². The van der Waals surface area contributed by atoms with Crippen LogP contribution < -0.4 is 0 Å². The quantitative estimate of drug-likeness (QED) is 0.627. The van der Waals surface area contributed by atoms with E-state index < -0.39 is 0 Å². The molecule has 1 aliphatic heterocycles. The van der Waals surface area contributed by atoms with Gasteiger partial charge < -0.3 is 4.90 Å². The number of carbonyl (C=O) groups excluding carboxylic acids is 1.